The molecule has 0 amide bonds. The van der Waals surface area contributed by atoms with E-state index in [0.717, 1.165) is 11.1 Å². The maximum Gasteiger partial charge on any atom is 0.209 e. The molecule has 3 rings (SSSR count). The number of rotatable bonds is 3. The first-order chi connectivity index (χ1) is 11.4. The standard InChI is InChI=1S/C19H16ClNO2S/c1-13-8-10-16(11-9-13)24(22,23)18-14(2)12-17(21-19(18)20)15-6-4-3-5-7-15/h3-12H,1-2H3. The number of halogens is 1. The Morgan fingerprint density at radius 1 is 0.917 bits per heavy atom. The lowest BCUT2D eigenvalue weighted by atomic mass is 10.1. The van der Waals surface area contributed by atoms with Crippen LogP contribution in [0.5, 0.6) is 0 Å². The number of pyridine rings is 1. The van der Waals surface area contributed by atoms with Crippen molar-refractivity contribution in [3.8, 4) is 11.3 Å². The molecule has 2 aromatic carbocycles. The van der Waals surface area contributed by atoms with Crippen molar-refractivity contribution < 1.29 is 8.42 Å². The van der Waals surface area contributed by atoms with E-state index >= 15 is 0 Å². The molecular formula is C19H16ClNO2S. The molecule has 0 bridgehead atoms. The van der Waals surface area contributed by atoms with Gasteiger partial charge in [0.2, 0.25) is 9.84 Å². The average molecular weight is 358 g/mol. The Hall–Kier alpha value is -2.17. The second-order valence-electron chi connectivity index (χ2n) is 5.63. The topological polar surface area (TPSA) is 47.0 Å². The minimum atomic E-state index is -3.71. The fraction of sp³-hybridized carbons (Fsp3) is 0.105. The second-order valence-corrected chi connectivity index (χ2v) is 7.87. The molecule has 0 aliphatic rings. The minimum Gasteiger partial charge on any atom is -0.235 e. The van der Waals surface area contributed by atoms with Crippen LogP contribution in [0.3, 0.4) is 0 Å². The van der Waals surface area contributed by atoms with E-state index in [-0.39, 0.29) is 14.9 Å². The molecule has 0 atom stereocenters. The average Bonchev–Trinajstić information content (AvgIpc) is 2.55. The Bertz CT molecular complexity index is 959. The van der Waals surface area contributed by atoms with Gasteiger partial charge < -0.3 is 0 Å². The summed E-state index contributed by atoms with van der Waals surface area (Å²) in [4.78, 5) is 4.58. The van der Waals surface area contributed by atoms with E-state index in [2.05, 4.69) is 4.98 Å². The molecule has 0 unspecified atom stereocenters. The maximum absolute atomic E-state index is 12.9. The smallest absolute Gasteiger partial charge is 0.209 e. The lowest BCUT2D eigenvalue weighted by Crippen LogP contribution is -2.07. The summed E-state index contributed by atoms with van der Waals surface area (Å²) in [6.45, 7) is 3.64. The van der Waals surface area contributed by atoms with Crippen LogP contribution in [-0.2, 0) is 9.84 Å². The highest BCUT2D eigenvalue weighted by atomic mass is 35.5. The van der Waals surface area contributed by atoms with Gasteiger partial charge >= 0.3 is 0 Å². The van der Waals surface area contributed by atoms with E-state index in [1.807, 2.05) is 37.3 Å². The fourth-order valence-electron chi connectivity index (χ4n) is 2.54. The zero-order valence-corrected chi connectivity index (χ0v) is 14.9. The Labute approximate surface area is 146 Å². The molecule has 0 aliphatic heterocycles. The van der Waals surface area contributed by atoms with E-state index < -0.39 is 9.84 Å². The van der Waals surface area contributed by atoms with Crippen LogP contribution in [0.2, 0.25) is 5.15 Å². The third-order valence-corrected chi connectivity index (χ3v) is 6.12. The Balaban J connectivity index is 2.14. The summed E-state index contributed by atoms with van der Waals surface area (Å²) in [5, 5.41) is -0.00516. The highest BCUT2D eigenvalue weighted by molar-refractivity contribution is 7.91. The molecule has 5 heteroatoms. The van der Waals surface area contributed by atoms with Gasteiger partial charge in [0, 0.05) is 5.56 Å². The first kappa shape index (κ1) is 16.7. The van der Waals surface area contributed by atoms with Crippen molar-refractivity contribution in [2.75, 3.05) is 0 Å². The van der Waals surface area contributed by atoms with Crippen LogP contribution in [-0.4, -0.2) is 13.4 Å². The van der Waals surface area contributed by atoms with Crippen molar-refractivity contribution in [1.29, 1.82) is 0 Å². The number of sulfone groups is 1. The zero-order valence-electron chi connectivity index (χ0n) is 13.3. The SMILES string of the molecule is Cc1ccc(S(=O)(=O)c2c(C)cc(-c3ccccc3)nc2Cl)cc1. The van der Waals surface area contributed by atoms with Crippen molar-refractivity contribution in [1.82, 2.24) is 4.98 Å². The highest BCUT2D eigenvalue weighted by Gasteiger charge is 2.25. The molecule has 0 saturated heterocycles. The summed E-state index contributed by atoms with van der Waals surface area (Å²) in [5.41, 5.74) is 3.12. The predicted octanol–water partition coefficient (Wildman–Crippen LogP) is 4.85. The van der Waals surface area contributed by atoms with Crippen LogP contribution in [0.25, 0.3) is 11.3 Å². The lowest BCUT2D eigenvalue weighted by molar-refractivity contribution is 0.595. The predicted molar refractivity (Wildman–Crippen MR) is 96.1 cm³/mol. The number of nitrogens with zero attached hydrogens (tertiary/aromatic N) is 1. The van der Waals surface area contributed by atoms with Crippen molar-refractivity contribution in [3.63, 3.8) is 0 Å². The van der Waals surface area contributed by atoms with Gasteiger partial charge in [0.05, 0.1) is 10.6 Å². The molecule has 0 radical (unpaired) electrons. The summed E-state index contributed by atoms with van der Waals surface area (Å²) in [6, 6.07) is 18.0. The van der Waals surface area contributed by atoms with Crippen LogP contribution in [0, 0.1) is 13.8 Å². The molecule has 24 heavy (non-hydrogen) atoms. The summed E-state index contributed by atoms with van der Waals surface area (Å²) < 4.78 is 25.8. The number of hydrogen-bond acceptors (Lipinski definition) is 3. The number of hydrogen-bond donors (Lipinski definition) is 0. The molecule has 0 N–H and O–H groups in total. The molecule has 1 heterocycles. The van der Waals surface area contributed by atoms with Gasteiger partial charge in [-0.2, -0.15) is 0 Å². The molecular weight excluding hydrogens is 342 g/mol. The highest BCUT2D eigenvalue weighted by Crippen LogP contribution is 2.32. The van der Waals surface area contributed by atoms with Gasteiger partial charge in [-0.05, 0) is 37.6 Å². The molecule has 3 aromatic rings. The maximum atomic E-state index is 12.9. The van der Waals surface area contributed by atoms with Crippen molar-refractivity contribution in [2.45, 2.75) is 23.6 Å². The number of benzene rings is 2. The van der Waals surface area contributed by atoms with E-state index in [1.54, 1.807) is 37.3 Å². The molecule has 0 saturated carbocycles. The molecule has 0 fully saturated rings. The zero-order chi connectivity index (χ0) is 17.3. The third-order valence-electron chi connectivity index (χ3n) is 3.79. The Morgan fingerprint density at radius 3 is 2.12 bits per heavy atom. The minimum absolute atomic E-state index is 0.00516. The van der Waals surface area contributed by atoms with E-state index in [0.29, 0.717) is 11.3 Å². The van der Waals surface area contributed by atoms with E-state index in [9.17, 15) is 8.42 Å². The lowest BCUT2D eigenvalue weighted by Gasteiger charge is -2.12. The summed E-state index contributed by atoms with van der Waals surface area (Å²) in [5.74, 6) is 0. The quantitative estimate of drug-likeness (QED) is 0.629. The van der Waals surface area contributed by atoms with Gasteiger partial charge in [0.15, 0.2) is 0 Å². The summed E-state index contributed by atoms with van der Waals surface area (Å²) in [6.07, 6.45) is 0. The fourth-order valence-corrected chi connectivity index (χ4v) is 4.56. The first-order valence-corrected chi connectivity index (χ1v) is 9.30. The van der Waals surface area contributed by atoms with Crippen LogP contribution in [0.4, 0.5) is 0 Å². The van der Waals surface area contributed by atoms with Crippen LogP contribution >= 0.6 is 11.6 Å². The monoisotopic (exact) mass is 357 g/mol. The Kier molecular flexibility index (Phi) is 4.43. The van der Waals surface area contributed by atoms with Crippen LogP contribution in [0.1, 0.15) is 11.1 Å². The van der Waals surface area contributed by atoms with Gasteiger partial charge in [-0.15, -0.1) is 0 Å². The van der Waals surface area contributed by atoms with Crippen molar-refractivity contribution in [2.24, 2.45) is 0 Å². The van der Waals surface area contributed by atoms with Gasteiger partial charge in [-0.1, -0.05) is 59.6 Å². The molecule has 3 nitrogen and oxygen atoms in total. The number of aromatic nitrogens is 1. The van der Waals surface area contributed by atoms with Crippen molar-refractivity contribution >= 4 is 21.4 Å². The summed E-state index contributed by atoms with van der Waals surface area (Å²) in [7, 11) is -3.71. The second kappa shape index (κ2) is 6.38. The Morgan fingerprint density at radius 2 is 1.54 bits per heavy atom. The van der Waals surface area contributed by atoms with Crippen molar-refractivity contribution in [3.05, 3.63) is 76.9 Å². The normalized spacial score (nSPS) is 11.5. The first-order valence-electron chi connectivity index (χ1n) is 7.44. The van der Waals surface area contributed by atoms with E-state index in [4.69, 9.17) is 11.6 Å². The van der Waals surface area contributed by atoms with Gasteiger partial charge in [0.25, 0.3) is 0 Å². The van der Waals surface area contributed by atoms with Gasteiger partial charge in [0.1, 0.15) is 10.0 Å². The largest absolute Gasteiger partial charge is 0.235 e. The van der Waals surface area contributed by atoms with Gasteiger partial charge in [-0.3, -0.25) is 0 Å². The summed E-state index contributed by atoms with van der Waals surface area (Å²) >= 11 is 6.26. The molecule has 122 valence electrons. The van der Waals surface area contributed by atoms with Crippen LogP contribution in [0.15, 0.2) is 70.5 Å². The van der Waals surface area contributed by atoms with Crippen LogP contribution < -0.4 is 0 Å². The molecule has 1 aromatic heterocycles. The molecule has 0 spiro atoms. The molecule has 0 aliphatic carbocycles. The van der Waals surface area contributed by atoms with E-state index in [1.165, 1.54) is 0 Å². The van der Waals surface area contributed by atoms with Gasteiger partial charge in [-0.25, -0.2) is 13.4 Å². The number of aryl methyl sites for hydroxylation is 2. The third kappa shape index (κ3) is 3.07.